The Morgan fingerprint density at radius 3 is 2.48 bits per heavy atom. The molecule has 2 aromatic rings. The minimum atomic E-state index is 0.501. The quantitative estimate of drug-likeness (QED) is 0.841. The minimum absolute atomic E-state index is 0.501. The number of rotatable bonds is 7. The second kappa shape index (κ2) is 7.79. The highest BCUT2D eigenvalue weighted by atomic mass is 16.5. The number of benzene rings is 1. The molecule has 2 rings (SSSR count). The van der Waals surface area contributed by atoms with Crippen LogP contribution in [0.5, 0.6) is 5.75 Å². The molecule has 1 heterocycles. The van der Waals surface area contributed by atoms with Gasteiger partial charge in [0.1, 0.15) is 12.4 Å². The standard InChI is InChI=1S/C18H24N2O/c1-14(2)11-19-12-16-5-4-6-17(20-16)13-21-18-9-7-15(3)8-10-18/h4-10,14,19H,11-13H2,1-3H3. The van der Waals surface area contributed by atoms with Crippen molar-refractivity contribution in [1.82, 2.24) is 10.3 Å². The average Bonchev–Trinajstić information content (AvgIpc) is 2.47. The largest absolute Gasteiger partial charge is 0.487 e. The lowest BCUT2D eigenvalue weighted by Crippen LogP contribution is -2.19. The Bertz CT molecular complexity index is 549. The highest BCUT2D eigenvalue weighted by Gasteiger charge is 2.01. The zero-order valence-electron chi connectivity index (χ0n) is 13.1. The number of aryl methyl sites for hydroxylation is 1. The van der Waals surface area contributed by atoms with E-state index in [2.05, 4.69) is 43.2 Å². The van der Waals surface area contributed by atoms with Gasteiger partial charge in [-0.05, 0) is 43.7 Å². The Morgan fingerprint density at radius 1 is 1.05 bits per heavy atom. The predicted octanol–water partition coefficient (Wildman–Crippen LogP) is 3.71. The van der Waals surface area contributed by atoms with Crippen molar-refractivity contribution in [2.24, 2.45) is 5.92 Å². The van der Waals surface area contributed by atoms with Gasteiger partial charge >= 0.3 is 0 Å². The summed E-state index contributed by atoms with van der Waals surface area (Å²) in [6.45, 7) is 8.78. The topological polar surface area (TPSA) is 34.1 Å². The van der Waals surface area contributed by atoms with Gasteiger partial charge in [0, 0.05) is 6.54 Å². The number of hydrogen-bond donors (Lipinski definition) is 1. The Balaban J connectivity index is 1.87. The van der Waals surface area contributed by atoms with Crippen molar-refractivity contribution >= 4 is 0 Å². The average molecular weight is 284 g/mol. The fourth-order valence-corrected chi connectivity index (χ4v) is 1.99. The van der Waals surface area contributed by atoms with Gasteiger partial charge in [-0.15, -0.1) is 0 Å². The van der Waals surface area contributed by atoms with Crippen LogP contribution >= 0.6 is 0 Å². The second-order valence-electron chi connectivity index (χ2n) is 5.75. The molecular weight excluding hydrogens is 260 g/mol. The van der Waals surface area contributed by atoms with Crippen LogP contribution < -0.4 is 10.1 Å². The lowest BCUT2D eigenvalue weighted by atomic mass is 10.2. The van der Waals surface area contributed by atoms with Gasteiger partial charge in [0.15, 0.2) is 0 Å². The van der Waals surface area contributed by atoms with E-state index in [1.165, 1.54) is 5.56 Å². The normalized spacial score (nSPS) is 10.9. The molecule has 112 valence electrons. The van der Waals surface area contributed by atoms with E-state index in [-0.39, 0.29) is 0 Å². The van der Waals surface area contributed by atoms with Crippen LogP contribution in [0.4, 0.5) is 0 Å². The van der Waals surface area contributed by atoms with Crippen molar-refractivity contribution in [3.05, 3.63) is 59.4 Å². The smallest absolute Gasteiger partial charge is 0.130 e. The Morgan fingerprint density at radius 2 is 1.76 bits per heavy atom. The lowest BCUT2D eigenvalue weighted by Gasteiger charge is -2.09. The number of aromatic nitrogens is 1. The van der Waals surface area contributed by atoms with Gasteiger partial charge in [-0.3, -0.25) is 4.98 Å². The number of ether oxygens (including phenoxy) is 1. The third kappa shape index (κ3) is 5.56. The molecule has 0 radical (unpaired) electrons. The molecule has 0 saturated heterocycles. The van der Waals surface area contributed by atoms with Crippen molar-refractivity contribution < 1.29 is 4.74 Å². The van der Waals surface area contributed by atoms with Gasteiger partial charge in [-0.2, -0.15) is 0 Å². The van der Waals surface area contributed by atoms with Crippen molar-refractivity contribution in [1.29, 1.82) is 0 Å². The van der Waals surface area contributed by atoms with E-state index in [1.807, 2.05) is 30.3 Å². The van der Waals surface area contributed by atoms with E-state index < -0.39 is 0 Å². The second-order valence-corrected chi connectivity index (χ2v) is 5.75. The number of nitrogens with zero attached hydrogens (tertiary/aromatic N) is 1. The Labute approximate surface area is 127 Å². The molecule has 3 heteroatoms. The van der Waals surface area contributed by atoms with Crippen LogP contribution in [0.15, 0.2) is 42.5 Å². The molecule has 1 aromatic heterocycles. The molecule has 1 aromatic carbocycles. The van der Waals surface area contributed by atoms with Crippen LogP contribution in [-0.4, -0.2) is 11.5 Å². The number of hydrogen-bond acceptors (Lipinski definition) is 3. The number of pyridine rings is 1. The molecule has 0 unspecified atom stereocenters. The maximum atomic E-state index is 5.76. The van der Waals surface area contributed by atoms with E-state index in [0.29, 0.717) is 12.5 Å². The van der Waals surface area contributed by atoms with Gasteiger partial charge < -0.3 is 10.1 Å². The summed E-state index contributed by atoms with van der Waals surface area (Å²) in [7, 11) is 0. The summed E-state index contributed by atoms with van der Waals surface area (Å²) in [5.74, 6) is 1.53. The zero-order chi connectivity index (χ0) is 15.1. The summed E-state index contributed by atoms with van der Waals surface area (Å²) in [5, 5.41) is 3.41. The zero-order valence-corrected chi connectivity index (χ0v) is 13.1. The number of nitrogens with one attached hydrogen (secondary N) is 1. The van der Waals surface area contributed by atoms with Gasteiger partial charge in [0.05, 0.1) is 11.4 Å². The SMILES string of the molecule is Cc1ccc(OCc2cccc(CNCC(C)C)n2)cc1. The van der Waals surface area contributed by atoms with Crippen molar-refractivity contribution in [3.8, 4) is 5.75 Å². The monoisotopic (exact) mass is 284 g/mol. The summed E-state index contributed by atoms with van der Waals surface area (Å²) in [6.07, 6.45) is 0. The first-order valence-corrected chi connectivity index (χ1v) is 7.48. The molecule has 1 N–H and O–H groups in total. The molecule has 0 bridgehead atoms. The van der Waals surface area contributed by atoms with Gasteiger partial charge in [-0.25, -0.2) is 0 Å². The summed E-state index contributed by atoms with van der Waals surface area (Å²) >= 11 is 0. The van der Waals surface area contributed by atoms with Crippen molar-refractivity contribution in [2.45, 2.75) is 33.9 Å². The van der Waals surface area contributed by atoms with E-state index in [9.17, 15) is 0 Å². The van der Waals surface area contributed by atoms with Crippen molar-refractivity contribution in [2.75, 3.05) is 6.54 Å². The first-order valence-electron chi connectivity index (χ1n) is 7.48. The fraction of sp³-hybridized carbons (Fsp3) is 0.389. The molecule has 0 amide bonds. The van der Waals surface area contributed by atoms with Crippen LogP contribution in [0.2, 0.25) is 0 Å². The molecule has 0 aliphatic carbocycles. The highest BCUT2D eigenvalue weighted by molar-refractivity contribution is 5.26. The van der Waals surface area contributed by atoms with E-state index in [0.717, 1.165) is 30.2 Å². The molecule has 0 aliphatic heterocycles. The fourth-order valence-electron chi connectivity index (χ4n) is 1.99. The third-order valence-electron chi connectivity index (χ3n) is 3.13. The van der Waals surface area contributed by atoms with E-state index in [4.69, 9.17) is 4.74 Å². The predicted molar refractivity (Wildman–Crippen MR) is 86.3 cm³/mol. The third-order valence-corrected chi connectivity index (χ3v) is 3.13. The van der Waals surface area contributed by atoms with Crippen LogP contribution in [-0.2, 0) is 13.2 Å². The molecule has 0 aliphatic rings. The maximum Gasteiger partial charge on any atom is 0.130 e. The molecule has 0 saturated carbocycles. The van der Waals surface area contributed by atoms with Crippen LogP contribution in [0, 0.1) is 12.8 Å². The molecule has 0 fully saturated rings. The molecule has 3 nitrogen and oxygen atoms in total. The first-order chi connectivity index (χ1) is 10.1. The molecule has 0 atom stereocenters. The van der Waals surface area contributed by atoms with Crippen LogP contribution in [0.1, 0.15) is 30.8 Å². The van der Waals surface area contributed by atoms with Crippen LogP contribution in [0.3, 0.4) is 0 Å². The van der Waals surface area contributed by atoms with Gasteiger partial charge in [-0.1, -0.05) is 37.6 Å². The Kier molecular flexibility index (Phi) is 5.76. The van der Waals surface area contributed by atoms with Crippen molar-refractivity contribution in [3.63, 3.8) is 0 Å². The van der Waals surface area contributed by atoms with E-state index >= 15 is 0 Å². The van der Waals surface area contributed by atoms with E-state index in [1.54, 1.807) is 0 Å². The summed E-state index contributed by atoms with van der Waals surface area (Å²) in [4.78, 5) is 4.61. The van der Waals surface area contributed by atoms with Crippen LogP contribution in [0.25, 0.3) is 0 Å². The summed E-state index contributed by atoms with van der Waals surface area (Å²) in [5.41, 5.74) is 3.25. The summed E-state index contributed by atoms with van der Waals surface area (Å²) in [6, 6.07) is 14.2. The molecular formula is C18H24N2O. The van der Waals surface area contributed by atoms with Gasteiger partial charge in [0.25, 0.3) is 0 Å². The first kappa shape index (κ1) is 15.5. The molecule has 21 heavy (non-hydrogen) atoms. The highest BCUT2D eigenvalue weighted by Crippen LogP contribution is 2.13. The Hall–Kier alpha value is -1.87. The summed E-state index contributed by atoms with van der Waals surface area (Å²) < 4.78 is 5.76. The molecule has 0 spiro atoms. The lowest BCUT2D eigenvalue weighted by molar-refractivity contribution is 0.301. The minimum Gasteiger partial charge on any atom is -0.487 e. The maximum absolute atomic E-state index is 5.76. The van der Waals surface area contributed by atoms with Gasteiger partial charge in [0.2, 0.25) is 0 Å².